The van der Waals surface area contributed by atoms with Crippen molar-refractivity contribution in [1.82, 2.24) is 9.80 Å². The quantitative estimate of drug-likeness (QED) is 0.730. The van der Waals surface area contributed by atoms with Crippen LogP contribution in [-0.2, 0) is 14.3 Å². The maximum absolute atomic E-state index is 12.1. The number of ether oxygens (including phenoxy) is 2. The number of carbonyl (C=O) groups is 2. The van der Waals surface area contributed by atoms with Crippen LogP contribution in [0.2, 0.25) is 0 Å². The van der Waals surface area contributed by atoms with E-state index in [1.54, 1.807) is 4.90 Å². The first-order valence-corrected chi connectivity index (χ1v) is 8.13. The van der Waals surface area contributed by atoms with Crippen molar-refractivity contribution < 1.29 is 19.1 Å². The van der Waals surface area contributed by atoms with Gasteiger partial charge in [0.2, 0.25) is 0 Å². The molecular weight excluding hydrogens is 284 g/mol. The first kappa shape index (κ1) is 17.1. The summed E-state index contributed by atoms with van der Waals surface area (Å²) in [5, 5.41) is 0. The summed E-state index contributed by atoms with van der Waals surface area (Å²) < 4.78 is 10.3. The van der Waals surface area contributed by atoms with Gasteiger partial charge in [0, 0.05) is 19.1 Å². The van der Waals surface area contributed by atoms with Crippen LogP contribution in [0.4, 0.5) is 4.79 Å². The molecule has 2 rings (SSSR count). The predicted octanol–water partition coefficient (Wildman–Crippen LogP) is 2.02. The highest BCUT2D eigenvalue weighted by atomic mass is 16.6. The molecule has 2 aliphatic heterocycles. The van der Waals surface area contributed by atoms with E-state index in [-0.39, 0.29) is 18.1 Å². The van der Waals surface area contributed by atoms with Gasteiger partial charge in [0.1, 0.15) is 11.6 Å². The van der Waals surface area contributed by atoms with E-state index >= 15 is 0 Å². The van der Waals surface area contributed by atoms with Gasteiger partial charge < -0.3 is 14.4 Å². The average molecular weight is 312 g/mol. The molecule has 126 valence electrons. The van der Waals surface area contributed by atoms with Crippen molar-refractivity contribution in [3.05, 3.63) is 0 Å². The molecule has 0 bridgehead atoms. The molecule has 0 aromatic carbocycles. The molecule has 0 aromatic heterocycles. The van der Waals surface area contributed by atoms with Gasteiger partial charge in [0.25, 0.3) is 0 Å². The molecule has 22 heavy (non-hydrogen) atoms. The molecule has 0 aliphatic carbocycles. The van der Waals surface area contributed by atoms with Gasteiger partial charge in [-0.05, 0) is 53.0 Å². The van der Waals surface area contributed by atoms with Gasteiger partial charge in [0.15, 0.2) is 0 Å². The van der Waals surface area contributed by atoms with Crippen molar-refractivity contribution in [2.45, 2.75) is 64.1 Å². The summed E-state index contributed by atoms with van der Waals surface area (Å²) in [6.45, 7) is 7.94. The fraction of sp³-hybridized carbons (Fsp3) is 0.875. The number of piperidine rings is 1. The predicted molar refractivity (Wildman–Crippen MR) is 82.6 cm³/mol. The summed E-state index contributed by atoms with van der Waals surface area (Å²) in [5.74, 6) is -0.132. The van der Waals surface area contributed by atoms with Crippen molar-refractivity contribution in [2.24, 2.45) is 0 Å². The molecule has 0 spiro atoms. The lowest BCUT2D eigenvalue weighted by Crippen LogP contribution is -2.50. The maximum Gasteiger partial charge on any atom is 0.410 e. The SMILES string of the molecule is COC(=O)C1CCCN1C1CCN(C(=O)OC(C)(C)C)CC1. The molecule has 1 atom stereocenters. The Morgan fingerprint density at radius 2 is 1.68 bits per heavy atom. The van der Waals surface area contributed by atoms with Gasteiger partial charge in [0.05, 0.1) is 7.11 Å². The van der Waals surface area contributed by atoms with Crippen LogP contribution < -0.4 is 0 Å². The zero-order chi connectivity index (χ0) is 16.3. The molecule has 0 aromatic rings. The molecule has 1 amide bonds. The van der Waals surface area contributed by atoms with E-state index in [4.69, 9.17) is 9.47 Å². The van der Waals surface area contributed by atoms with Crippen LogP contribution in [0, 0.1) is 0 Å². The van der Waals surface area contributed by atoms with Crippen molar-refractivity contribution in [3.63, 3.8) is 0 Å². The number of nitrogens with zero attached hydrogens (tertiary/aromatic N) is 2. The van der Waals surface area contributed by atoms with Gasteiger partial charge in [-0.3, -0.25) is 9.69 Å². The maximum atomic E-state index is 12.1. The van der Waals surface area contributed by atoms with Gasteiger partial charge in [-0.25, -0.2) is 4.79 Å². The molecule has 2 heterocycles. The molecule has 0 saturated carbocycles. The summed E-state index contributed by atoms with van der Waals surface area (Å²) in [6.07, 6.45) is 3.43. The molecule has 2 saturated heterocycles. The zero-order valence-corrected chi connectivity index (χ0v) is 14.1. The van der Waals surface area contributed by atoms with Crippen molar-refractivity contribution in [1.29, 1.82) is 0 Å². The van der Waals surface area contributed by atoms with Gasteiger partial charge >= 0.3 is 12.1 Å². The molecule has 6 nitrogen and oxygen atoms in total. The second-order valence-electron chi connectivity index (χ2n) is 7.12. The third kappa shape index (κ3) is 4.12. The van der Waals surface area contributed by atoms with Crippen molar-refractivity contribution in [3.8, 4) is 0 Å². The molecule has 6 heteroatoms. The normalized spacial score (nSPS) is 24.4. The van der Waals surface area contributed by atoms with Gasteiger partial charge in [-0.2, -0.15) is 0 Å². The second kappa shape index (κ2) is 6.86. The summed E-state index contributed by atoms with van der Waals surface area (Å²) in [5.41, 5.74) is -0.459. The summed E-state index contributed by atoms with van der Waals surface area (Å²) in [7, 11) is 1.45. The first-order chi connectivity index (χ1) is 10.3. The van der Waals surface area contributed by atoms with E-state index in [2.05, 4.69) is 4.90 Å². The highest BCUT2D eigenvalue weighted by molar-refractivity contribution is 5.76. The van der Waals surface area contributed by atoms with Crippen LogP contribution in [0.15, 0.2) is 0 Å². The third-order valence-electron chi connectivity index (χ3n) is 4.35. The van der Waals surface area contributed by atoms with E-state index in [0.717, 1.165) is 32.2 Å². The smallest absolute Gasteiger partial charge is 0.410 e. The van der Waals surface area contributed by atoms with Crippen LogP contribution in [0.5, 0.6) is 0 Å². The Balaban J connectivity index is 1.87. The van der Waals surface area contributed by atoms with Crippen LogP contribution in [-0.4, -0.2) is 66.3 Å². The molecule has 0 radical (unpaired) electrons. The van der Waals surface area contributed by atoms with E-state index in [1.807, 2.05) is 20.8 Å². The minimum absolute atomic E-state index is 0.108. The lowest BCUT2D eigenvalue weighted by atomic mass is 10.0. The lowest BCUT2D eigenvalue weighted by Gasteiger charge is -2.38. The fourth-order valence-corrected chi connectivity index (χ4v) is 3.32. The Kier molecular flexibility index (Phi) is 5.32. The van der Waals surface area contributed by atoms with Gasteiger partial charge in [-0.1, -0.05) is 0 Å². The number of esters is 1. The van der Waals surface area contributed by atoms with Crippen molar-refractivity contribution >= 4 is 12.1 Å². The summed E-state index contributed by atoms with van der Waals surface area (Å²) in [4.78, 5) is 28.0. The average Bonchev–Trinajstić information content (AvgIpc) is 2.94. The number of carbonyl (C=O) groups excluding carboxylic acids is 2. The fourth-order valence-electron chi connectivity index (χ4n) is 3.32. The van der Waals surface area contributed by atoms with E-state index in [0.29, 0.717) is 19.1 Å². The number of amides is 1. The minimum atomic E-state index is -0.459. The monoisotopic (exact) mass is 312 g/mol. The molecular formula is C16H28N2O4. The second-order valence-corrected chi connectivity index (χ2v) is 7.12. The van der Waals surface area contributed by atoms with Crippen LogP contribution in [0.1, 0.15) is 46.5 Å². The molecule has 0 N–H and O–H groups in total. The standard InChI is InChI=1S/C16H28N2O4/c1-16(2,3)22-15(20)17-10-7-12(8-11-17)18-9-5-6-13(18)14(19)21-4/h12-13H,5-11H2,1-4H3. The Morgan fingerprint density at radius 3 is 2.23 bits per heavy atom. The first-order valence-electron chi connectivity index (χ1n) is 8.13. The topological polar surface area (TPSA) is 59.1 Å². The summed E-state index contributed by atoms with van der Waals surface area (Å²) >= 11 is 0. The highest BCUT2D eigenvalue weighted by Crippen LogP contribution is 2.27. The lowest BCUT2D eigenvalue weighted by molar-refractivity contribution is -0.147. The number of hydrogen-bond acceptors (Lipinski definition) is 5. The molecule has 2 aliphatic rings. The third-order valence-corrected chi connectivity index (χ3v) is 4.35. The summed E-state index contributed by atoms with van der Waals surface area (Å²) in [6, 6.07) is 0.244. The number of rotatable bonds is 2. The number of likely N-dealkylation sites (tertiary alicyclic amines) is 2. The van der Waals surface area contributed by atoms with Gasteiger partial charge in [-0.15, -0.1) is 0 Å². The number of methoxy groups -OCH3 is 1. The Labute approximate surface area is 132 Å². The molecule has 2 fully saturated rings. The Morgan fingerprint density at radius 1 is 1.05 bits per heavy atom. The van der Waals surface area contributed by atoms with Crippen LogP contribution >= 0.6 is 0 Å². The zero-order valence-electron chi connectivity index (χ0n) is 14.1. The molecule has 1 unspecified atom stereocenters. The van der Waals surface area contributed by atoms with Crippen molar-refractivity contribution in [2.75, 3.05) is 26.7 Å². The Bertz CT molecular complexity index is 411. The van der Waals surface area contributed by atoms with Crippen LogP contribution in [0.3, 0.4) is 0 Å². The Hall–Kier alpha value is -1.30. The highest BCUT2D eigenvalue weighted by Gasteiger charge is 2.38. The largest absolute Gasteiger partial charge is 0.468 e. The van der Waals surface area contributed by atoms with E-state index < -0.39 is 5.60 Å². The number of hydrogen-bond donors (Lipinski definition) is 0. The van der Waals surface area contributed by atoms with E-state index in [9.17, 15) is 9.59 Å². The van der Waals surface area contributed by atoms with Crippen LogP contribution in [0.25, 0.3) is 0 Å². The van der Waals surface area contributed by atoms with E-state index in [1.165, 1.54) is 7.11 Å². The minimum Gasteiger partial charge on any atom is -0.468 e.